The van der Waals surface area contributed by atoms with Crippen molar-refractivity contribution in [2.24, 2.45) is 0 Å². The van der Waals surface area contributed by atoms with Gasteiger partial charge in [0.1, 0.15) is 0 Å². The molecular formula is C12H14O3S. The molecule has 3 nitrogen and oxygen atoms in total. The molecule has 0 spiro atoms. The highest BCUT2D eigenvalue weighted by atomic mass is 32.2. The second-order valence-electron chi connectivity index (χ2n) is 3.75. The van der Waals surface area contributed by atoms with Crippen LogP contribution in [0.4, 0.5) is 0 Å². The fraction of sp³-hybridized carbons (Fsp3) is 0.417. The standard InChI is InChI=1S/C12H14O3S/c13-12(14)10-5-1-2-6-11(10)16-8-9-4-3-7-15-9/h1-2,5-6,9H,3-4,7-8H2,(H,13,14)/t9-/m1/s1. The van der Waals surface area contributed by atoms with Crippen LogP contribution >= 0.6 is 11.8 Å². The number of ether oxygens (including phenoxy) is 1. The molecule has 0 unspecified atom stereocenters. The summed E-state index contributed by atoms with van der Waals surface area (Å²) in [5.74, 6) is -0.0277. The minimum absolute atomic E-state index is 0.284. The van der Waals surface area contributed by atoms with Gasteiger partial charge in [0.2, 0.25) is 0 Å². The quantitative estimate of drug-likeness (QED) is 0.819. The molecule has 86 valence electrons. The lowest BCUT2D eigenvalue weighted by Crippen LogP contribution is -2.08. The van der Waals surface area contributed by atoms with Gasteiger partial charge in [-0.25, -0.2) is 4.79 Å². The average molecular weight is 238 g/mol. The van der Waals surface area contributed by atoms with E-state index in [0.29, 0.717) is 5.56 Å². The molecule has 0 saturated carbocycles. The molecule has 1 N–H and O–H groups in total. The maximum atomic E-state index is 11.0. The third-order valence-corrected chi connectivity index (χ3v) is 3.77. The molecule has 0 amide bonds. The maximum Gasteiger partial charge on any atom is 0.336 e. The monoisotopic (exact) mass is 238 g/mol. The molecule has 16 heavy (non-hydrogen) atoms. The summed E-state index contributed by atoms with van der Waals surface area (Å²) in [6.45, 7) is 0.839. The first-order valence-electron chi connectivity index (χ1n) is 5.34. The van der Waals surface area contributed by atoms with Crippen LogP contribution in [-0.2, 0) is 4.74 Å². The van der Waals surface area contributed by atoms with Crippen LogP contribution in [0.1, 0.15) is 23.2 Å². The Hall–Kier alpha value is -1.00. The van der Waals surface area contributed by atoms with Gasteiger partial charge in [0, 0.05) is 17.3 Å². The van der Waals surface area contributed by atoms with E-state index >= 15 is 0 Å². The molecule has 0 aliphatic carbocycles. The van der Waals surface area contributed by atoms with E-state index in [0.717, 1.165) is 30.1 Å². The van der Waals surface area contributed by atoms with Crippen LogP contribution in [0.15, 0.2) is 29.2 Å². The third kappa shape index (κ3) is 2.77. The van der Waals surface area contributed by atoms with Gasteiger partial charge in [-0.1, -0.05) is 12.1 Å². The molecule has 1 atom stereocenters. The minimum Gasteiger partial charge on any atom is -0.478 e. The fourth-order valence-corrected chi connectivity index (χ4v) is 2.84. The van der Waals surface area contributed by atoms with Gasteiger partial charge >= 0.3 is 5.97 Å². The van der Waals surface area contributed by atoms with Gasteiger partial charge in [-0.3, -0.25) is 0 Å². The smallest absolute Gasteiger partial charge is 0.336 e. The molecular weight excluding hydrogens is 224 g/mol. The van der Waals surface area contributed by atoms with E-state index in [1.807, 2.05) is 12.1 Å². The van der Waals surface area contributed by atoms with Gasteiger partial charge in [-0.15, -0.1) is 11.8 Å². The van der Waals surface area contributed by atoms with E-state index in [9.17, 15) is 4.79 Å². The van der Waals surface area contributed by atoms with Crippen molar-refractivity contribution in [3.05, 3.63) is 29.8 Å². The van der Waals surface area contributed by atoms with Gasteiger partial charge in [-0.2, -0.15) is 0 Å². The lowest BCUT2D eigenvalue weighted by atomic mass is 10.2. The number of hydrogen-bond acceptors (Lipinski definition) is 3. The van der Waals surface area contributed by atoms with Crippen molar-refractivity contribution >= 4 is 17.7 Å². The van der Waals surface area contributed by atoms with E-state index in [4.69, 9.17) is 9.84 Å². The van der Waals surface area contributed by atoms with Crippen LogP contribution in [-0.4, -0.2) is 29.5 Å². The Kier molecular flexibility index (Phi) is 3.85. The molecule has 1 fully saturated rings. The largest absolute Gasteiger partial charge is 0.478 e. The summed E-state index contributed by atoms with van der Waals surface area (Å²) in [7, 11) is 0. The molecule has 1 aromatic rings. The summed E-state index contributed by atoms with van der Waals surface area (Å²) in [5, 5.41) is 9.01. The summed E-state index contributed by atoms with van der Waals surface area (Å²) in [4.78, 5) is 11.8. The van der Waals surface area contributed by atoms with Crippen LogP contribution in [0, 0.1) is 0 Å². The summed E-state index contributed by atoms with van der Waals surface area (Å²) in [6.07, 6.45) is 2.49. The van der Waals surface area contributed by atoms with Crippen LogP contribution < -0.4 is 0 Å². The Labute approximate surface area is 98.8 Å². The summed E-state index contributed by atoms with van der Waals surface area (Å²) in [5.41, 5.74) is 0.380. The Morgan fingerprint density at radius 1 is 1.50 bits per heavy atom. The first-order chi connectivity index (χ1) is 7.77. The first kappa shape index (κ1) is 11.5. The minimum atomic E-state index is -0.865. The molecule has 0 bridgehead atoms. The van der Waals surface area contributed by atoms with Gasteiger partial charge in [-0.05, 0) is 25.0 Å². The number of carbonyl (C=O) groups is 1. The van der Waals surface area contributed by atoms with Crippen LogP contribution in [0.25, 0.3) is 0 Å². The van der Waals surface area contributed by atoms with E-state index in [1.165, 1.54) is 0 Å². The number of carboxylic acids is 1. The van der Waals surface area contributed by atoms with E-state index in [1.54, 1.807) is 23.9 Å². The second kappa shape index (κ2) is 5.37. The zero-order valence-corrected chi connectivity index (χ0v) is 9.70. The molecule has 2 rings (SSSR count). The van der Waals surface area contributed by atoms with Crippen LogP contribution in [0.2, 0.25) is 0 Å². The molecule has 1 heterocycles. The molecule has 1 saturated heterocycles. The zero-order valence-electron chi connectivity index (χ0n) is 8.89. The van der Waals surface area contributed by atoms with Gasteiger partial charge in [0.15, 0.2) is 0 Å². The number of benzene rings is 1. The molecule has 4 heteroatoms. The topological polar surface area (TPSA) is 46.5 Å². The normalized spacial score (nSPS) is 19.9. The SMILES string of the molecule is O=C(O)c1ccccc1SC[C@H]1CCCO1. The van der Waals surface area contributed by atoms with Crippen molar-refractivity contribution in [2.45, 2.75) is 23.8 Å². The predicted octanol–water partition coefficient (Wildman–Crippen LogP) is 2.66. The lowest BCUT2D eigenvalue weighted by molar-refractivity contribution is 0.0693. The number of carboxylic acid groups (broad SMARTS) is 1. The van der Waals surface area contributed by atoms with Crippen molar-refractivity contribution in [2.75, 3.05) is 12.4 Å². The van der Waals surface area contributed by atoms with E-state index in [-0.39, 0.29) is 6.10 Å². The maximum absolute atomic E-state index is 11.0. The number of hydrogen-bond donors (Lipinski definition) is 1. The Morgan fingerprint density at radius 2 is 2.31 bits per heavy atom. The van der Waals surface area contributed by atoms with Gasteiger partial charge < -0.3 is 9.84 Å². The number of rotatable bonds is 4. The van der Waals surface area contributed by atoms with E-state index in [2.05, 4.69) is 0 Å². The van der Waals surface area contributed by atoms with Crippen LogP contribution in [0.3, 0.4) is 0 Å². The highest BCUT2D eigenvalue weighted by Crippen LogP contribution is 2.26. The van der Waals surface area contributed by atoms with Gasteiger partial charge in [0.05, 0.1) is 11.7 Å². The fourth-order valence-electron chi connectivity index (χ4n) is 1.73. The van der Waals surface area contributed by atoms with E-state index < -0.39 is 5.97 Å². The van der Waals surface area contributed by atoms with Gasteiger partial charge in [0.25, 0.3) is 0 Å². The molecule has 0 radical (unpaired) electrons. The Balaban J connectivity index is 2.00. The summed E-state index contributed by atoms with van der Waals surface area (Å²) < 4.78 is 5.51. The first-order valence-corrected chi connectivity index (χ1v) is 6.32. The highest BCUT2D eigenvalue weighted by Gasteiger charge is 2.17. The number of thioether (sulfide) groups is 1. The van der Waals surface area contributed by atoms with Crippen molar-refractivity contribution < 1.29 is 14.6 Å². The summed E-state index contributed by atoms with van der Waals surface area (Å²) in [6, 6.07) is 7.10. The van der Waals surface area contributed by atoms with Crippen LogP contribution in [0.5, 0.6) is 0 Å². The molecule has 1 aromatic carbocycles. The molecule has 1 aliphatic rings. The molecule has 0 aromatic heterocycles. The van der Waals surface area contributed by atoms with Crippen molar-refractivity contribution in [1.82, 2.24) is 0 Å². The Bertz CT molecular complexity index is 372. The number of aromatic carboxylic acids is 1. The highest BCUT2D eigenvalue weighted by molar-refractivity contribution is 7.99. The average Bonchev–Trinajstić information content (AvgIpc) is 2.79. The molecule has 1 aliphatic heterocycles. The van der Waals surface area contributed by atoms with Crippen molar-refractivity contribution in [3.63, 3.8) is 0 Å². The predicted molar refractivity (Wildman–Crippen MR) is 63.1 cm³/mol. The third-order valence-electron chi connectivity index (χ3n) is 2.57. The van der Waals surface area contributed by atoms with Crippen molar-refractivity contribution in [1.29, 1.82) is 0 Å². The second-order valence-corrected chi connectivity index (χ2v) is 4.81. The Morgan fingerprint density at radius 3 is 3.00 bits per heavy atom. The zero-order chi connectivity index (χ0) is 11.4. The van der Waals surface area contributed by atoms with Crippen molar-refractivity contribution in [3.8, 4) is 0 Å². The summed E-state index contributed by atoms with van der Waals surface area (Å²) >= 11 is 1.57. The lowest BCUT2D eigenvalue weighted by Gasteiger charge is -2.10.